The van der Waals surface area contributed by atoms with Crippen LogP contribution >= 0.6 is 0 Å². The summed E-state index contributed by atoms with van der Waals surface area (Å²) >= 11 is 0. The molecule has 262 valence electrons. The first-order valence-electron chi connectivity index (χ1n) is 19.1. The number of pyridine rings is 1. The van der Waals surface area contributed by atoms with E-state index in [0.717, 1.165) is 39.4 Å². The zero-order chi connectivity index (χ0) is 37.0. The molecule has 0 radical (unpaired) electrons. The zero-order valence-corrected chi connectivity index (χ0v) is 30.5. The maximum absolute atomic E-state index is 5.19. The molecule has 11 aromatic rings. The SMILES string of the molecule is c1ccc(-c2cccc(-n3c4ccccc4c4cc(-c5ccc6c7ccccc7n(-c7cc(-c8ccccc8)nc(-c8ccccc8)c7)c6c5)ccc43)c2)cc1. The van der Waals surface area contributed by atoms with Crippen molar-refractivity contribution in [3.8, 4) is 56.1 Å². The van der Waals surface area contributed by atoms with Gasteiger partial charge in [0, 0.05) is 38.4 Å². The van der Waals surface area contributed by atoms with Gasteiger partial charge in [0.25, 0.3) is 0 Å². The third-order valence-electron chi connectivity index (χ3n) is 11.1. The standard InChI is InChI=1S/C53H35N3/c1-4-15-36(16-5-1)39-21-14-22-42(31-39)55-51-26-13-11-24-45(51)47-32-40(28-30-52(47)55)41-27-29-46-44-23-10-12-25-50(44)56(53(46)33-41)43-34-48(37-17-6-2-7-18-37)54-49(35-43)38-19-8-3-9-20-38/h1-35H. The number of hydrogen-bond donors (Lipinski definition) is 0. The molecule has 3 aromatic heterocycles. The zero-order valence-electron chi connectivity index (χ0n) is 30.5. The van der Waals surface area contributed by atoms with Gasteiger partial charge < -0.3 is 9.13 Å². The molecule has 0 atom stereocenters. The Morgan fingerprint density at radius 1 is 0.250 bits per heavy atom. The molecule has 56 heavy (non-hydrogen) atoms. The van der Waals surface area contributed by atoms with Crippen LogP contribution in [0.1, 0.15) is 0 Å². The quantitative estimate of drug-likeness (QED) is 0.168. The molecule has 8 aromatic carbocycles. The highest BCUT2D eigenvalue weighted by atomic mass is 15.0. The van der Waals surface area contributed by atoms with Gasteiger partial charge in [-0.1, -0.05) is 158 Å². The highest BCUT2D eigenvalue weighted by Crippen LogP contribution is 2.39. The van der Waals surface area contributed by atoms with Crippen molar-refractivity contribution >= 4 is 43.6 Å². The van der Waals surface area contributed by atoms with Crippen LogP contribution in [0, 0.1) is 0 Å². The number of rotatable bonds is 6. The van der Waals surface area contributed by atoms with Crippen LogP contribution in [0.4, 0.5) is 0 Å². The Hall–Kier alpha value is -7.49. The summed E-state index contributed by atoms with van der Waals surface area (Å²) in [4.78, 5) is 5.19. The molecule has 3 heteroatoms. The summed E-state index contributed by atoms with van der Waals surface area (Å²) < 4.78 is 4.82. The van der Waals surface area contributed by atoms with Crippen molar-refractivity contribution in [1.82, 2.24) is 14.1 Å². The van der Waals surface area contributed by atoms with Gasteiger partial charge in [-0.25, -0.2) is 4.98 Å². The van der Waals surface area contributed by atoms with Gasteiger partial charge in [0.15, 0.2) is 0 Å². The first kappa shape index (κ1) is 32.0. The molecular weight excluding hydrogens is 679 g/mol. The molecule has 0 saturated heterocycles. The Kier molecular flexibility index (Phi) is 7.49. The van der Waals surface area contributed by atoms with Gasteiger partial charge in [0.2, 0.25) is 0 Å². The summed E-state index contributed by atoms with van der Waals surface area (Å²) in [6.45, 7) is 0. The fourth-order valence-electron chi connectivity index (χ4n) is 8.47. The molecule has 0 saturated carbocycles. The molecule has 0 bridgehead atoms. The van der Waals surface area contributed by atoms with Crippen LogP contribution in [0.2, 0.25) is 0 Å². The first-order valence-corrected chi connectivity index (χ1v) is 19.1. The molecule has 3 nitrogen and oxygen atoms in total. The monoisotopic (exact) mass is 713 g/mol. The van der Waals surface area contributed by atoms with E-state index in [0.29, 0.717) is 0 Å². The molecule has 0 spiro atoms. The molecule has 0 unspecified atom stereocenters. The molecule has 11 rings (SSSR count). The third kappa shape index (κ3) is 5.32. The Morgan fingerprint density at radius 2 is 0.714 bits per heavy atom. The minimum atomic E-state index is 0.945. The van der Waals surface area contributed by atoms with Crippen molar-refractivity contribution in [2.75, 3.05) is 0 Å². The largest absolute Gasteiger partial charge is 0.309 e. The predicted molar refractivity (Wildman–Crippen MR) is 235 cm³/mol. The average Bonchev–Trinajstić information content (AvgIpc) is 3.79. The Balaban J connectivity index is 1.10. The maximum Gasteiger partial charge on any atom is 0.0730 e. The Bertz CT molecular complexity index is 3170. The lowest BCUT2D eigenvalue weighted by molar-refractivity contribution is 1.16. The van der Waals surface area contributed by atoms with E-state index in [4.69, 9.17) is 4.98 Å². The van der Waals surface area contributed by atoms with Crippen molar-refractivity contribution in [2.24, 2.45) is 0 Å². The maximum atomic E-state index is 5.19. The van der Waals surface area contributed by atoms with E-state index < -0.39 is 0 Å². The summed E-state index contributed by atoms with van der Waals surface area (Å²) in [5, 5.41) is 4.92. The lowest BCUT2D eigenvalue weighted by atomic mass is 10.0. The van der Waals surface area contributed by atoms with Gasteiger partial charge in [-0.2, -0.15) is 0 Å². The number of aromatic nitrogens is 3. The van der Waals surface area contributed by atoms with Gasteiger partial charge in [0.05, 0.1) is 39.1 Å². The summed E-state index contributed by atoms with van der Waals surface area (Å²) in [6, 6.07) is 76.3. The van der Waals surface area contributed by atoms with Crippen LogP contribution in [0.5, 0.6) is 0 Å². The topological polar surface area (TPSA) is 22.8 Å². The van der Waals surface area contributed by atoms with Crippen LogP contribution in [0.15, 0.2) is 212 Å². The molecule has 0 aliphatic heterocycles. The lowest BCUT2D eigenvalue weighted by Crippen LogP contribution is -1.98. The molecule has 0 fully saturated rings. The van der Waals surface area contributed by atoms with E-state index in [1.54, 1.807) is 0 Å². The van der Waals surface area contributed by atoms with Gasteiger partial charge in [0.1, 0.15) is 0 Å². The van der Waals surface area contributed by atoms with Crippen LogP contribution < -0.4 is 0 Å². The first-order chi connectivity index (χ1) is 27.8. The fraction of sp³-hybridized carbons (Fsp3) is 0. The van der Waals surface area contributed by atoms with Crippen molar-refractivity contribution in [3.63, 3.8) is 0 Å². The lowest BCUT2D eigenvalue weighted by Gasteiger charge is -2.14. The van der Waals surface area contributed by atoms with E-state index in [1.807, 2.05) is 0 Å². The number of hydrogen-bond acceptors (Lipinski definition) is 1. The minimum absolute atomic E-state index is 0.945. The highest BCUT2D eigenvalue weighted by Gasteiger charge is 2.18. The number of nitrogens with zero attached hydrogens (tertiary/aromatic N) is 3. The summed E-state index contributed by atoms with van der Waals surface area (Å²) in [5.41, 5.74) is 15.8. The predicted octanol–water partition coefficient (Wildman–Crippen LogP) is 13.9. The van der Waals surface area contributed by atoms with Crippen molar-refractivity contribution in [3.05, 3.63) is 212 Å². The van der Waals surface area contributed by atoms with Gasteiger partial charge in [-0.3, -0.25) is 0 Å². The molecule has 0 aliphatic rings. The third-order valence-corrected chi connectivity index (χ3v) is 11.1. The number of fused-ring (bicyclic) bond motifs is 6. The fourth-order valence-corrected chi connectivity index (χ4v) is 8.47. The highest BCUT2D eigenvalue weighted by molar-refractivity contribution is 6.12. The van der Waals surface area contributed by atoms with Crippen LogP contribution in [-0.4, -0.2) is 14.1 Å². The summed E-state index contributed by atoms with van der Waals surface area (Å²) in [7, 11) is 0. The second-order valence-corrected chi connectivity index (χ2v) is 14.4. The van der Waals surface area contributed by atoms with Gasteiger partial charge >= 0.3 is 0 Å². The van der Waals surface area contributed by atoms with Gasteiger partial charge in [-0.05, 0) is 76.9 Å². The summed E-state index contributed by atoms with van der Waals surface area (Å²) in [5.74, 6) is 0. The van der Waals surface area contributed by atoms with Crippen LogP contribution in [-0.2, 0) is 0 Å². The van der Waals surface area contributed by atoms with Gasteiger partial charge in [-0.15, -0.1) is 0 Å². The van der Waals surface area contributed by atoms with E-state index in [9.17, 15) is 0 Å². The van der Waals surface area contributed by atoms with E-state index in [1.165, 1.54) is 60.3 Å². The van der Waals surface area contributed by atoms with Crippen molar-refractivity contribution in [2.45, 2.75) is 0 Å². The molecule has 0 amide bonds. The molecule has 0 N–H and O–H groups in total. The van der Waals surface area contributed by atoms with Crippen molar-refractivity contribution in [1.29, 1.82) is 0 Å². The minimum Gasteiger partial charge on any atom is -0.309 e. The summed E-state index contributed by atoms with van der Waals surface area (Å²) in [6.07, 6.45) is 0. The number of benzene rings is 8. The smallest absolute Gasteiger partial charge is 0.0730 e. The number of para-hydroxylation sites is 2. The average molecular weight is 714 g/mol. The van der Waals surface area contributed by atoms with E-state index in [-0.39, 0.29) is 0 Å². The molecule has 0 aliphatic carbocycles. The Morgan fingerprint density at radius 3 is 1.38 bits per heavy atom. The Labute approximate surface area is 325 Å². The van der Waals surface area contributed by atoms with Crippen molar-refractivity contribution < 1.29 is 0 Å². The van der Waals surface area contributed by atoms with Crippen LogP contribution in [0.25, 0.3) is 99.8 Å². The van der Waals surface area contributed by atoms with E-state index in [2.05, 4.69) is 221 Å². The van der Waals surface area contributed by atoms with E-state index >= 15 is 0 Å². The second-order valence-electron chi connectivity index (χ2n) is 14.4. The van der Waals surface area contributed by atoms with Crippen LogP contribution in [0.3, 0.4) is 0 Å². The normalized spacial score (nSPS) is 11.6. The molecule has 3 heterocycles. The molecular formula is C53H35N3. The second kappa shape index (κ2) is 13.1.